The molecule has 200 valence electrons. The third-order valence-corrected chi connectivity index (χ3v) is 12.2. The predicted octanol–water partition coefficient (Wildman–Crippen LogP) is 13.0. The monoisotopic (exact) mass is 722 g/mol. The van der Waals surface area contributed by atoms with Crippen molar-refractivity contribution in [2.75, 3.05) is 0 Å². The highest BCUT2D eigenvalue weighted by molar-refractivity contribution is 14.1. The molecule has 0 spiro atoms. The molecule has 3 heteroatoms. The zero-order valence-electron chi connectivity index (χ0n) is 22.9. The van der Waals surface area contributed by atoms with E-state index in [0.717, 1.165) is 0 Å². The number of halogens is 2. The summed E-state index contributed by atoms with van der Waals surface area (Å²) in [5.41, 5.74) is 3.31. The van der Waals surface area contributed by atoms with Gasteiger partial charge in [0.05, 0.1) is 2.88 Å². The van der Waals surface area contributed by atoms with Crippen molar-refractivity contribution in [3.05, 3.63) is 29.7 Å². The van der Waals surface area contributed by atoms with Gasteiger partial charge in [-0.1, -0.05) is 129 Å². The molecule has 0 radical (unpaired) electrons. The van der Waals surface area contributed by atoms with Gasteiger partial charge >= 0.3 is 0 Å². The summed E-state index contributed by atoms with van der Waals surface area (Å²) in [6, 6.07) is 5.12. The van der Waals surface area contributed by atoms with Crippen molar-refractivity contribution in [2.24, 2.45) is 0 Å². The molecule has 1 heterocycles. The summed E-state index contributed by atoms with van der Waals surface area (Å²) in [5.74, 6) is 0. The Hall–Kier alpha value is 0.640. The van der Waals surface area contributed by atoms with Gasteiger partial charge in [-0.2, -0.15) is 0 Å². The van der Waals surface area contributed by atoms with Crippen molar-refractivity contribution in [3.63, 3.8) is 0 Å². The van der Waals surface area contributed by atoms with Gasteiger partial charge < -0.3 is 0 Å². The molecule has 35 heavy (non-hydrogen) atoms. The first kappa shape index (κ1) is 31.9. The maximum atomic E-state index is 2.56. The zero-order valence-corrected chi connectivity index (χ0v) is 28.0. The Labute approximate surface area is 249 Å². The van der Waals surface area contributed by atoms with Crippen molar-refractivity contribution in [3.8, 4) is 0 Å². The largest absolute Gasteiger partial charge is 0.128 e. The van der Waals surface area contributed by atoms with Crippen LogP contribution in [0.5, 0.6) is 0 Å². The maximum Gasteiger partial charge on any atom is 0.0799 e. The molecule has 2 rings (SSSR count). The van der Waals surface area contributed by atoms with E-state index in [1.165, 1.54) is 158 Å². The molecule has 1 aromatic carbocycles. The van der Waals surface area contributed by atoms with Gasteiger partial charge in [-0.05, 0) is 94.1 Å². The van der Waals surface area contributed by atoms with Gasteiger partial charge in [0.2, 0.25) is 0 Å². The highest BCUT2D eigenvalue weighted by Gasteiger charge is 2.12. The van der Waals surface area contributed by atoms with Gasteiger partial charge in [-0.3, -0.25) is 0 Å². The second-order valence-electron chi connectivity index (χ2n) is 10.7. The Morgan fingerprint density at radius 1 is 0.514 bits per heavy atom. The van der Waals surface area contributed by atoms with Crippen molar-refractivity contribution in [1.29, 1.82) is 0 Å². The molecule has 0 bridgehead atoms. The van der Waals surface area contributed by atoms with Crippen molar-refractivity contribution < 1.29 is 0 Å². The van der Waals surface area contributed by atoms with Crippen LogP contribution >= 0.6 is 56.5 Å². The highest BCUT2D eigenvalue weighted by atomic mass is 127. The highest BCUT2D eigenvalue weighted by Crippen LogP contribution is 2.36. The summed E-state index contributed by atoms with van der Waals surface area (Å²) in [5, 5.41) is 1.51. The summed E-state index contributed by atoms with van der Waals surface area (Å²) >= 11 is 7.07. The van der Waals surface area contributed by atoms with E-state index in [0.29, 0.717) is 0 Å². The second kappa shape index (κ2) is 20.6. The van der Waals surface area contributed by atoms with Crippen LogP contribution in [0.3, 0.4) is 0 Å². The van der Waals surface area contributed by atoms with Crippen LogP contribution in [-0.4, -0.2) is 0 Å². The van der Waals surface area contributed by atoms with E-state index in [-0.39, 0.29) is 0 Å². The first-order valence-electron chi connectivity index (χ1n) is 15.1. The minimum atomic E-state index is 1.28. The van der Waals surface area contributed by atoms with E-state index in [4.69, 9.17) is 0 Å². The van der Waals surface area contributed by atoms with Crippen LogP contribution in [0.4, 0.5) is 0 Å². The van der Waals surface area contributed by atoms with Crippen LogP contribution in [0.2, 0.25) is 0 Å². The molecule has 0 atom stereocenters. The molecular formula is C32H52I2S. The summed E-state index contributed by atoms with van der Waals surface area (Å²) in [6.07, 6.45) is 31.0. The summed E-state index contributed by atoms with van der Waals surface area (Å²) in [4.78, 5) is 0. The lowest BCUT2D eigenvalue weighted by Gasteiger charge is -2.11. The molecule has 0 N–H and O–H groups in total. The predicted molar refractivity (Wildman–Crippen MR) is 178 cm³/mol. The lowest BCUT2D eigenvalue weighted by Crippen LogP contribution is -1.96. The first-order chi connectivity index (χ1) is 17.2. The van der Waals surface area contributed by atoms with E-state index in [1.807, 2.05) is 11.3 Å². The molecule has 0 fully saturated rings. The molecule has 0 amide bonds. The number of aryl methyl sites for hydroxylation is 2. The average Bonchev–Trinajstić information content (AvgIpc) is 3.13. The van der Waals surface area contributed by atoms with Gasteiger partial charge in [0.15, 0.2) is 0 Å². The fourth-order valence-electron chi connectivity index (χ4n) is 5.24. The number of rotatable bonds is 22. The van der Waals surface area contributed by atoms with Gasteiger partial charge in [-0.15, -0.1) is 11.3 Å². The third kappa shape index (κ3) is 13.3. The minimum absolute atomic E-state index is 1.28. The lowest BCUT2D eigenvalue weighted by atomic mass is 9.95. The summed E-state index contributed by atoms with van der Waals surface area (Å²) in [7, 11) is 0. The third-order valence-electron chi connectivity index (χ3n) is 7.51. The maximum absolute atomic E-state index is 2.56. The van der Waals surface area contributed by atoms with Crippen molar-refractivity contribution >= 4 is 66.6 Å². The first-order valence-corrected chi connectivity index (χ1v) is 18.0. The van der Waals surface area contributed by atoms with Gasteiger partial charge in [0.1, 0.15) is 0 Å². The molecule has 0 aliphatic rings. The van der Waals surface area contributed by atoms with E-state index in [1.54, 1.807) is 11.1 Å². The van der Waals surface area contributed by atoms with Crippen LogP contribution < -0.4 is 0 Å². The molecule has 1 aromatic heterocycles. The van der Waals surface area contributed by atoms with E-state index < -0.39 is 0 Å². The molecule has 0 nitrogen and oxygen atoms in total. The van der Waals surface area contributed by atoms with Crippen LogP contribution in [0.15, 0.2) is 12.1 Å². The Bertz CT molecular complexity index is 794. The Balaban J connectivity index is 1.73. The molecule has 0 saturated carbocycles. The standard InChI is InChI=1S/C32H52I2S/c1-3-5-7-9-11-13-15-17-19-21-23-27-25-29-30(35-32(34)31(29)33)26-28(27)24-22-20-18-16-14-12-10-8-6-4-2/h25-26H,3-24H2,1-2H3. The van der Waals surface area contributed by atoms with Gasteiger partial charge in [-0.25, -0.2) is 0 Å². The summed E-state index contributed by atoms with van der Waals surface area (Å²) < 4.78 is 4.44. The van der Waals surface area contributed by atoms with Crippen LogP contribution in [0.25, 0.3) is 10.1 Å². The van der Waals surface area contributed by atoms with E-state index >= 15 is 0 Å². The Morgan fingerprint density at radius 3 is 1.31 bits per heavy atom. The van der Waals surface area contributed by atoms with Crippen molar-refractivity contribution in [1.82, 2.24) is 0 Å². The summed E-state index contributed by atoms with van der Waals surface area (Å²) in [6.45, 7) is 4.61. The number of thiophene rings is 1. The fourth-order valence-corrected chi connectivity index (χ4v) is 8.07. The normalized spacial score (nSPS) is 11.7. The van der Waals surface area contributed by atoms with E-state index in [9.17, 15) is 0 Å². The second-order valence-corrected chi connectivity index (χ2v) is 14.6. The van der Waals surface area contributed by atoms with Crippen LogP contribution in [-0.2, 0) is 12.8 Å². The number of fused-ring (bicyclic) bond motifs is 1. The number of hydrogen-bond donors (Lipinski definition) is 0. The smallest absolute Gasteiger partial charge is 0.0799 e. The molecule has 0 aliphatic carbocycles. The molecule has 2 aromatic rings. The fraction of sp³-hybridized carbons (Fsp3) is 0.750. The molecule has 0 unspecified atom stereocenters. The Kier molecular flexibility index (Phi) is 18.7. The Morgan fingerprint density at radius 2 is 0.886 bits per heavy atom. The van der Waals surface area contributed by atoms with Gasteiger partial charge in [0.25, 0.3) is 0 Å². The molecule has 0 aliphatic heterocycles. The number of unbranched alkanes of at least 4 members (excludes halogenated alkanes) is 18. The lowest BCUT2D eigenvalue weighted by molar-refractivity contribution is 0.553. The average molecular weight is 723 g/mol. The molecule has 0 saturated heterocycles. The minimum Gasteiger partial charge on any atom is -0.128 e. The van der Waals surface area contributed by atoms with Crippen LogP contribution in [0.1, 0.15) is 153 Å². The van der Waals surface area contributed by atoms with Crippen molar-refractivity contribution in [2.45, 2.75) is 155 Å². The van der Waals surface area contributed by atoms with E-state index in [2.05, 4.69) is 71.2 Å². The van der Waals surface area contributed by atoms with Crippen LogP contribution in [0, 0.1) is 6.45 Å². The number of benzene rings is 1. The quantitative estimate of drug-likeness (QED) is 0.0839. The zero-order chi connectivity index (χ0) is 25.1. The topological polar surface area (TPSA) is 0 Å². The number of hydrogen-bond acceptors (Lipinski definition) is 1. The molecular weight excluding hydrogens is 670 g/mol. The van der Waals surface area contributed by atoms with Gasteiger partial charge in [0, 0.05) is 13.7 Å². The SMILES string of the molecule is CCCCCCCCCCCCc1cc2sc(I)c(I)c2cc1CCCCCCCCCCCC.